The van der Waals surface area contributed by atoms with Crippen LogP contribution in [0.3, 0.4) is 0 Å². The van der Waals surface area contributed by atoms with Crippen LogP contribution in [0.15, 0.2) is 78.9 Å². The summed E-state index contributed by atoms with van der Waals surface area (Å²) < 4.78 is 2.08. The van der Waals surface area contributed by atoms with Gasteiger partial charge in [-0.2, -0.15) is 5.10 Å². The maximum atomic E-state index is 12.4. The van der Waals surface area contributed by atoms with Gasteiger partial charge in [0.2, 0.25) is 0 Å². The molecule has 7 rings (SSSR count). The highest BCUT2D eigenvalue weighted by Gasteiger charge is 2.41. The van der Waals surface area contributed by atoms with Crippen molar-refractivity contribution < 1.29 is 4.79 Å². The van der Waals surface area contributed by atoms with Crippen LogP contribution in [-0.2, 0) is 13.6 Å². The zero-order valence-electron chi connectivity index (χ0n) is 20.7. The van der Waals surface area contributed by atoms with Crippen LogP contribution in [0.5, 0.6) is 0 Å². The van der Waals surface area contributed by atoms with E-state index in [4.69, 9.17) is 5.10 Å². The van der Waals surface area contributed by atoms with Crippen LogP contribution in [0.25, 0.3) is 22.0 Å². The summed E-state index contributed by atoms with van der Waals surface area (Å²) in [4.78, 5) is 14.9. The fourth-order valence-electron chi connectivity index (χ4n) is 6.06. The second kappa shape index (κ2) is 9.78. The minimum atomic E-state index is -0.0929. The number of carbonyl (C=O) groups excluding carboxylic acids is 1. The molecule has 2 amide bonds. The lowest BCUT2D eigenvalue weighted by Crippen LogP contribution is -2.56. The van der Waals surface area contributed by atoms with Crippen molar-refractivity contribution in [3.8, 4) is 11.3 Å². The summed E-state index contributed by atoms with van der Waals surface area (Å²) in [5.41, 5.74) is 4.64. The Hall–Kier alpha value is -3.64. The number of amides is 2. The average molecular weight is 480 g/mol. The Bertz CT molecular complexity index is 1360. The van der Waals surface area contributed by atoms with Gasteiger partial charge < -0.3 is 10.6 Å². The number of nitrogens with zero attached hydrogens (tertiary/aromatic N) is 3. The lowest BCUT2D eigenvalue weighted by Gasteiger charge is -2.49. The van der Waals surface area contributed by atoms with Crippen LogP contribution in [0.1, 0.15) is 30.0 Å². The highest BCUT2D eigenvalue weighted by molar-refractivity contribution is 5.86. The van der Waals surface area contributed by atoms with Crippen LogP contribution in [0, 0.1) is 5.92 Å². The van der Waals surface area contributed by atoms with Crippen LogP contribution in [0.4, 0.5) is 4.79 Å². The third kappa shape index (κ3) is 4.61. The molecule has 0 aliphatic carbocycles. The fraction of sp³-hybridized carbons (Fsp3) is 0.333. The quantitative estimate of drug-likeness (QED) is 0.413. The lowest BCUT2D eigenvalue weighted by atomic mass is 9.74. The van der Waals surface area contributed by atoms with E-state index in [1.807, 2.05) is 30.3 Å². The summed E-state index contributed by atoms with van der Waals surface area (Å²) in [6, 6.07) is 27.7. The number of urea groups is 1. The Labute approximate surface area is 212 Å². The molecular formula is C30H33N5O. The number of rotatable bonds is 6. The highest BCUT2D eigenvalue weighted by atomic mass is 16.2. The van der Waals surface area contributed by atoms with Crippen LogP contribution in [0.2, 0.25) is 0 Å². The molecule has 36 heavy (non-hydrogen) atoms. The molecule has 4 aromatic rings. The minimum Gasteiger partial charge on any atom is -0.337 e. The molecule has 2 N–H and O–H groups in total. The van der Waals surface area contributed by atoms with Gasteiger partial charge >= 0.3 is 6.03 Å². The second-order valence-corrected chi connectivity index (χ2v) is 10.2. The van der Waals surface area contributed by atoms with E-state index < -0.39 is 0 Å². The van der Waals surface area contributed by atoms with Crippen molar-refractivity contribution in [2.24, 2.45) is 13.0 Å². The zero-order chi connectivity index (χ0) is 24.5. The Morgan fingerprint density at radius 3 is 2.58 bits per heavy atom. The maximum Gasteiger partial charge on any atom is 0.315 e. The lowest BCUT2D eigenvalue weighted by molar-refractivity contribution is 0.0294. The number of hydrogen-bond acceptors (Lipinski definition) is 3. The van der Waals surface area contributed by atoms with Gasteiger partial charge in [-0.1, -0.05) is 66.7 Å². The van der Waals surface area contributed by atoms with E-state index in [-0.39, 0.29) is 6.03 Å². The molecule has 4 heterocycles. The summed E-state index contributed by atoms with van der Waals surface area (Å²) in [5, 5.41) is 13.5. The molecule has 3 aliphatic rings. The van der Waals surface area contributed by atoms with Gasteiger partial charge in [-0.3, -0.25) is 9.58 Å². The largest absolute Gasteiger partial charge is 0.337 e. The predicted octanol–water partition coefficient (Wildman–Crippen LogP) is 4.92. The van der Waals surface area contributed by atoms with Crippen LogP contribution < -0.4 is 10.6 Å². The average Bonchev–Trinajstić information content (AvgIpc) is 3.32. The Kier molecular flexibility index (Phi) is 6.20. The molecule has 1 aromatic heterocycles. The first-order valence-corrected chi connectivity index (χ1v) is 13.0. The fourth-order valence-corrected chi connectivity index (χ4v) is 6.06. The third-order valence-corrected chi connectivity index (χ3v) is 8.01. The van der Waals surface area contributed by atoms with Gasteiger partial charge in [-0.25, -0.2) is 4.79 Å². The number of benzene rings is 3. The summed E-state index contributed by atoms with van der Waals surface area (Å²) in [5.74, 6) is 1.10. The number of carbonyl (C=O) groups is 1. The van der Waals surface area contributed by atoms with Gasteiger partial charge in [0.05, 0.1) is 5.69 Å². The predicted molar refractivity (Wildman–Crippen MR) is 144 cm³/mol. The third-order valence-electron chi connectivity index (χ3n) is 8.01. The van der Waals surface area contributed by atoms with E-state index in [9.17, 15) is 4.79 Å². The monoisotopic (exact) mass is 479 g/mol. The number of aryl methyl sites for hydroxylation is 1. The first-order valence-electron chi connectivity index (χ1n) is 13.0. The molecule has 4 atom stereocenters. The minimum absolute atomic E-state index is 0.0929. The summed E-state index contributed by atoms with van der Waals surface area (Å²) in [6.07, 6.45) is 2.32. The summed E-state index contributed by atoms with van der Waals surface area (Å²) in [6.45, 7) is 3.37. The van der Waals surface area contributed by atoms with E-state index in [1.54, 1.807) is 0 Å². The molecule has 0 radical (unpaired) electrons. The molecule has 3 aliphatic heterocycles. The Balaban J connectivity index is 1.09. The van der Waals surface area contributed by atoms with Gasteiger partial charge in [-0.05, 0) is 53.8 Å². The number of nitrogens with one attached hydrogen (secondary N) is 2. The highest BCUT2D eigenvalue weighted by Crippen LogP contribution is 2.42. The second-order valence-electron chi connectivity index (χ2n) is 10.2. The van der Waals surface area contributed by atoms with E-state index in [2.05, 4.69) is 75.8 Å². The molecule has 3 saturated heterocycles. The molecule has 2 bridgehead atoms. The molecule has 184 valence electrons. The van der Waals surface area contributed by atoms with Crippen molar-refractivity contribution >= 4 is 16.8 Å². The van der Waals surface area contributed by atoms with Crippen molar-refractivity contribution in [3.63, 3.8) is 0 Å². The molecule has 0 saturated carbocycles. The Morgan fingerprint density at radius 1 is 0.972 bits per heavy atom. The van der Waals surface area contributed by atoms with Crippen molar-refractivity contribution in [3.05, 3.63) is 90.1 Å². The number of fused-ring (bicyclic) bond motifs is 4. The standard InChI is InChI=1S/C30H33N5O/c1-34-29(17-28(33-34)25-12-11-22-9-5-6-10-23(22)15-25)27-20-35-14-13-24(27)16-26(35)19-32-30(36)31-18-21-7-3-2-4-8-21/h2-12,15,17,24,26-27H,13-14,16,18-20H2,1H3,(H2,31,32,36)/t24-,26+,27+/m0/s1. The Morgan fingerprint density at radius 2 is 1.78 bits per heavy atom. The topological polar surface area (TPSA) is 62.2 Å². The number of hydrogen-bond donors (Lipinski definition) is 2. The van der Waals surface area contributed by atoms with E-state index in [0.29, 0.717) is 31.0 Å². The molecule has 1 unspecified atom stereocenters. The molecular weight excluding hydrogens is 446 g/mol. The van der Waals surface area contributed by atoms with Gasteiger partial charge in [-0.15, -0.1) is 0 Å². The smallest absolute Gasteiger partial charge is 0.315 e. The molecule has 6 heteroatoms. The molecule has 3 fully saturated rings. The van der Waals surface area contributed by atoms with Gasteiger partial charge in [0.15, 0.2) is 0 Å². The van der Waals surface area contributed by atoms with Crippen LogP contribution >= 0.6 is 0 Å². The summed E-state index contributed by atoms with van der Waals surface area (Å²) in [7, 11) is 2.08. The van der Waals surface area contributed by atoms with Gasteiger partial charge in [0.25, 0.3) is 0 Å². The first kappa shape index (κ1) is 22.8. The number of piperidine rings is 3. The van der Waals surface area contributed by atoms with E-state index in [0.717, 1.165) is 30.8 Å². The van der Waals surface area contributed by atoms with E-state index in [1.165, 1.54) is 28.5 Å². The number of aromatic nitrogens is 2. The normalized spacial score (nSPS) is 23.0. The maximum absolute atomic E-state index is 12.4. The SMILES string of the molecule is Cn1nc(-c2ccc3ccccc3c2)cc1[C@@H]1CN2CC[C@H]1C[C@@H]2CNC(=O)NCc1ccccc1. The summed E-state index contributed by atoms with van der Waals surface area (Å²) >= 11 is 0. The zero-order valence-corrected chi connectivity index (χ0v) is 20.7. The molecule has 3 aromatic carbocycles. The van der Waals surface area contributed by atoms with Crippen molar-refractivity contribution in [1.29, 1.82) is 0 Å². The van der Waals surface area contributed by atoms with Gasteiger partial charge in [0.1, 0.15) is 0 Å². The van der Waals surface area contributed by atoms with Crippen molar-refractivity contribution in [2.45, 2.75) is 31.3 Å². The van der Waals surface area contributed by atoms with E-state index >= 15 is 0 Å². The van der Waals surface area contributed by atoms with Crippen LogP contribution in [-0.4, -0.2) is 46.4 Å². The van der Waals surface area contributed by atoms with Gasteiger partial charge in [0, 0.05) is 49.9 Å². The van der Waals surface area contributed by atoms with Crippen molar-refractivity contribution in [1.82, 2.24) is 25.3 Å². The molecule has 0 spiro atoms. The van der Waals surface area contributed by atoms with Crippen molar-refractivity contribution in [2.75, 3.05) is 19.6 Å². The first-order chi connectivity index (χ1) is 17.6. The molecule has 6 nitrogen and oxygen atoms in total.